The molecular weight excluding hydrogens is 344 g/mol. The largest absolute Gasteiger partial charge is 0.416 e. The maximum absolute atomic E-state index is 12.8. The highest BCUT2D eigenvalue weighted by Crippen LogP contribution is 2.32. The zero-order valence-corrected chi connectivity index (χ0v) is 13.4. The molecule has 0 aliphatic carbocycles. The highest BCUT2D eigenvalue weighted by atomic mass is 19.4. The van der Waals surface area contributed by atoms with Crippen molar-refractivity contribution in [2.75, 3.05) is 0 Å². The van der Waals surface area contributed by atoms with Gasteiger partial charge in [-0.25, -0.2) is 0 Å². The van der Waals surface area contributed by atoms with E-state index in [2.05, 4.69) is 4.99 Å². The molecule has 0 spiro atoms. The minimum atomic E-state index is -4.47. The molecule has 0 amide bonds. The summed E-state index contributed by atoms with van der Waals surface area (Å²) in [6.07, 6.45) is -8.93. The van der Waals surface area contributed by atoms with E-state index in [1.807, 2.05) is 0 Å². The van der Waals surface area contributed by atoms with Crippen LogP contribution in [0.4, 0.5) is 26.3 Å². The molecule has 1 nitrogen and oxygen atoms in total. The summed E-state index contributed by atoms with van der Waals surface area (Å²) in [4.78, 5) is 4.25. The fourth-order valence-corrected chi connectivity index (χ4v) is 2.33. The average Bonchev–Trinajstić information content (AvgIpc) is 2.53. The molecule has 1 unspecified atom stereocenters. The van der Waals surface area contributed by atoms with Gasteiger partial charge in [0.15, 0.2) is 0 Å². The maximum Gasteiger partial charge on any atom is 0.416 e. The minimum Gasteiger partial charge on any atom is -0.282 e. The topological polar surface area (TPSA) is 12.4 Å². The molecule has 1 atom stereocenters. The Morgan fingerprint density at radius 2 is 1.36 bits per heavy atom. The molecule has 0 aliphatic heterocycles. The van der Waals surface area contributed by atoms with E-state index in [1.165, 1.54) is 31.2 Å². The second kappa shape index (κ2) is 6.90. The fourth-order valence-electron chi connectivity index (χ4n) is 2.33. The van der Waals surface area contributed by atoms with E-state index in [1.54, 1.807) is 6.92 Å². The van der Waals surface area contributed by atoms with Gasteiger partial charge in [-0.15, -0.1) is 0 Å². The number of benzene rings is 2. The summed E-state index contributed by atoms with van der Waals surface area (Å²) in [5.74, 6) is 0. The molecule has 25 heavy (non-hydrogen) atoms. The number of alkyl halides is 6. The lowest BCUT2D eigenvalue weighted by Crippen LogP contribution is -2.08. The first-order chi connectivity index (χ1) is 11.5. The van der Waals surface area contributed by atoms with Gasteiger partial charge in [-0.1, -0.05) is 24.3 Å². The van der Waals surface area contributed by atoms with Gasteiger partial charge >= 0.3 is 12.4 Å². The molecule has 0 radical (unpaired) electrons. The predicted octanol–water partition coefficient (Wildman–Crippen LogP) is 6.29. The molecule has 0 bridgehead atoms. The molecule has 0 aliphatic rings. The molecule has 134 valence electrons. The van der Waals surface area contributed by atoms with E-state index in [0.717, 1.165) is 24.3 Å². The highest BCUT2D eigenvalue weighted by Gasteiger charge is 2.31. The molecule has 0 saturated heterocycles. The van der Waals surface area contributed by atoms with Gasteiger partial charge in [0.05, 0.1) is 17.2 Å². The molecule has 0 N–H and O–H groups in total. The first kappa shape index (κ1) is 19.0. The lowest BCUT2D eigenvalue weighted by atomic mass is 10.0. The summed E-state index contributed by atoms with van der Waals surface area (Å²) in [6.45, 7) is 3.12. The van der Waals surface area contributed by atoms with Gasteiger partial charge in [-0.05, 0) is 49.2 Å². The van der Waals surface area contributed by atoms with E-state index in [9.17, 15) is 26.3 Å². The summed E-state index contributed by atoms with van der Waals surface area (Å²) in [6, 6.07) is 8.78. The van der Waals surface area contributed by atoms with Gasteiger partial charge in [-0.2, -0.15) is 26.3 Å². The van der Waals surface area contributed by atoms with Gasteiger partial charge in [0.2, 0.25) is 0 Å². The van der Waals surface area contributed by atoms with Crippen molar-refractivity contribution in [1.82, 2.24) is 0 Å². The number of rotatable bonds is 3. The van der Waals surface area contributed by atoms with Gasteiger partial charge < -0.3 is 0 Å². The van der Waals surface area contributed by atoms with E-state index < -0.39 is 29.5 Å². The average molecular weight is 359 g/mol. The highest BCUT2D eigenvalue weighted by molar-refractivity contribution is 5.99. The van der Waals surface area contributed by atoms with Crippen LogP contribution in [0.15, 0.2) is 53.5 Å². The number of hydrogen-bond acceptors (Lipinski definition) is 1. The summed E-state index contributed by atoms with van der Waals surface area (Å²) >= 11 is 0. The molecule has 2 aromatic rings. The van der Waals surface area contributed by atoms with Crippen molar-refractivity contribution in [3.05, 3.63) is 70.8 Å². The van der Waals surface area contributed by atoms with Crippen molar-refractivity contribution in [2.24, 2.45) is 4.99 Å². The smallest absolute Gasteiger partial charge is 0.282 e. The Balaban J connectivity index is 2.31. The Morgan fingerprint density at radius 1 is 0.840 bits per heavy atom. The standard InChI is InChI=1S/C18H15F6N/c1-11(13-5-3-7-15(9-13)17(19,20)21)25-12(2)14-6-4-8-16(10-14)18(22,23)24/h3-11H,1-2H3. The van der Waals surface area contributed by atoms with Crippen LogP contribution in [0, 0.1) is 0 Å². The summed E-state index contributed by atoms with van der Waals surface area (Å²) in [5.41, 5.74) is -0.666. The molecule has 0 aromatic heterocycles. The lowest BCUT2D eigenvalue weighted by Gasteiger charge is -2.13. The van der Waals surface area contributed by atoms with Crippen LogP contribution in [0.1, 0.15) is 42.1 Å². The van der Waals surface area contributed by atoms with Crippen molar-refractivity contribution in [3.63, 3.8) is 0 Å². The van der Waals surface area contributed by atoms with Crippen molar-refractivity contribution in [1.29, 1.82) is 0 Å². The van der Waals surface area contributed by atoms with Crippen molar-refractivity contribution >= 4 is 5.71 Å². The van der Waals surface area contributed by atoms with Crippen LogP contribution in [0.2, 0.25) is 0 Å². The quantitative estimate of drug-likeness (QED) is 0.451. The van der Waals surface area contributed by atoms with E-state index >= 15 is 0 Å². The van der Waals surface area contributed by atoms with Crippen molar-refractivity contribution < 1.29 is 26.3 Å². The number of halogens is 6. The lowest BCUT2D eigenvalue weighted by molar-refractivity contribution is -0.138. The predicted molar refractivity (Wildman–Crippen MR) is 83.5 cm³/mol. The second-order valence-corrected chi connectivity index (χ2v) is 5.59. The van der Waals surface area contributed by atoms with Gasteiger partial charge in [-0.3, -0.25) is 4.99 Å². The van der Waals surface area contributed by atoms with E-state index in [0.29, 0.717) is 11.3 Å². The summed E-state index contributed by atoms with van der Waals surface area (Å²) in [5, 5.41) is 0. The Labute approximate surface area is 141 Å². The van der Waals surface area contributed by atoms with Crippen LogP contribution >= 0.6 is 0 Å². The first-order valence-corrected chi connectivity index (χ1v) is 7.37. The van der Waals surface area contributed by atoms with Gasteiger partial charge in [0.1, 0.15) is 0 Å². The normalized spacial score (nSPS) is 14.5. The van der Waals surface area contributed by atoms with Gasteiger partial charge in [0, 0.05) is 5.71 Å². The van der Waals surface area contributed by atoms with E-state index in [-0.39, 0.29) is 5.56 Å². The molecular formula is C18H15F6N. The molecule has 0 heterocycles. The minimum absolute atomic E-state index is 0.272. The van der Waals surface area contributed by atoms with Crippen LogP contribution in [0.3, 0.4) is 0 Å². The zero-order chi connectivity index (χ0) is 18.8. The Hall–Kier alpha value is -2.31. The summed E-state index contributed by atoms with van der Waals surface area (Å²) in [7, 11) is 0. The monoisotopic (exact) mass is 359 g/mol. The third-order valence-corrected chi connectivity index (χ3v) is 3.69. The van der Waals surface area contributed by atoms with Crippen molar-refractivity contribution in [2.45, 2.75) is 32.2 Å². The van der Waals surface area contributed by atoms with Gasteiger partial charge in [0.25, 0.3) is 0 Å². The molecule has 2 aromatic carbocycles. The summed E-state index contributed by atoms with van der Waals surface area (Å²) < 4.78 is 76.6. The SMILES string of the molecule is CC(=NC(C)c1cccc(C(F)(F)F)c1)c1cccc(C(F)(F)F)c1. The Morgan fingerprint density at radius 3 is 1.92 bits per heavy atom. The maximum atomic E-state index is 12.8. The number of hydrogen-bond donors (Lipinski definition) is 0. The molecule has 0 fully saturated rings. The van der Waals surface area contributed by atoms with Crippen molar-refractivity contribution in [3.8, 4) is 0 Å². The first-order valence-electron chi connectivity index (χ1n) is 7.37. The third-order valence-electron chi connectivity index (χ3n) is 3.69. The number of nitrogens with zero attached hydrogens (tertiary/aromatic N) is 1. The van der Waals surface area contributed by atoms with E-state index in [4.69, 9.17) is 0 Å². The van der Waals surface area contributed by atoms with Crippen LogP contribution < -0.4 is 0 Å². The second-order valence-electron chi connectivity index (χ2n) is 5.59. The molecule has 7 heteroatoms. The molecule has 2 rings (SSSR count). The number of aliphatic imine (C=N–C) groups is 1. The molecule has 0 saturated carbocycles. The van der Waals surface area contributed by atoms with Crippen LogP contribution in [0.5, 0.6) is 0 Å². The third kappa shape index (κ3) is 4.84. The fraction of sp³-hybridized carbons (Fsp3) is 0.278. The van der Waals surface area contributed by atoms with Crippen LogP contribution in [-0.4, -0.2) is 5.71 Å². The van der Waals surface area contributed by atoms with Crippen LogP contribution in [-0.2, 0) is 12.4 Å². The zero-order valence-electron chi connectivity index (χ0n) is 13.4. The Kier molecular flexibility index (Phi) is 5.25. The van der Waals surface area contributed by atoms with Crippen LogP contribution in [0.25, 0.3) is 0 Å². The Bertz CT molecular complexity index is 774.